The van der Waals surface area contributed by atoms with E-state index in [9.17, 15) is 4.79 Å². The van der Waals surface area contributed by atoms with Gasteiger partial charge in [0.1, 0.15) is 11.6 Å². The summed E-state index contributed by atoms with van der Waals surface area (Å²) in [6.45, 7) is 4.13. The van der Waals surface area contributed by atoms with Crippen LogP contribution in [0.25, 0.3) is 21.8 Å². The van der Waals surface area contributed by atoms with Crippen LogP contribution >= 0.6 is 11.3 Å². The predicted molar refractivity (Wildman–Crippen MR) is 101 cm³/mol. The minimum Gasteiger partial charge on any atom is -0.445 e. The summed E-state index contributed by atoms with van der Waals surface area (Å²) in [7, 11) is 0. The standard InChI is InChI=1S/C20H18N2O2S/c1-2-12-24-20(23)21-13-15-8-10-17(11-9-15)19-22-18(14-25-19)16-6-4-3-5-7-16/h2-11,14H,1,12-13H2,(H,21,23). The first kappa shape index (κ1) is 16.9. The SMILES string of the molecule is C=CCOC(=O)NCc1ccc(-c2nc(-c3ccccc3)cs2)cc1. The van der Waals surface area contributed by atoms with E-state index in [1.54, 1.807) is 11.3 Å². The van der Waals surface area contributed by atoms with Crippen LogP contribution < -0.4 is 5.32 Å². The quantitative estimate of drug-likeness (QED) is 0.644. The smallest absolute Gasteiger partial charge is 0.407 e. The van der Waals surface area contributed by atoms with Crippen molar-refractivity contribution >= 4 is 17.4 Å². The molecule has 0 atom stereocenters. The van der Waals surface area contributed by atoms with Gasteiger partial charge in [-0.3, -0.25) is 0 Å². The third kappa shape index (κ3) is 4.55. The van der Waals surface area contributed by atoms with Crippen LogP contribution in [0.5, 0.6) is 0 Å². The lowest BCUT2D eigenvalue weighted by atomic mass is 10.1. The van der Waals surface area contributed by atoms with Gasteiger partial charge in [-0.05, 0) is 5.56 Å². The topological polar surface area (TPSA) is 51.2 Å². The second-order valence-corrected chi connectivity index (χ2v) is 6.20. The molecule has 0 bridgehead atoms. The molecule has 2 aromatic carbocycles. The first-order valence-corrected chi connectivity index (χ1v) is 8.76. The molecule has 0 aliphatic rings. The number of hydrogen-bond donors (Lipinski definition) is 1. The summed E-state index contributed by atoms with van der Waals surface area (Å²) in [5.74, 6) is 0. The number of nitrogens with one attached hydrogen (secondary N) is 1. The van der Waals surface area contributed by atoms with E-state index in [-0.39, 0.29) is 6.61 Å². The lowest BCUT2D eigenvalue weighted by Gasteiger charge is -2.06. The zero-order chi connectivity index (χ0) is 17.5. The second kappa shape index (κ2) is 8.26. The Morgan fingerprint density at radius 2 is 1.88 bits per heavy atom. The van der Waals surface area contributed by atoms with Crippen LogP contribution in [0.15, 0.2) is 72.6 Å². The highest BCUT2D eigenvalue weighted by Gasteiger charge is 2.07. The number of hydrogen-bond acceptors (Lipinski definition) is 4. The number of aromatic nitrogens is 1. The van der Waals surface area contributed by atoms with Crippen molar-refractivity contribution in [2.24, 2.45) is 0 Å². The summed E-state index contributed by atoms with van der Waals surface area (Å²) in [5.41, 5.74) is 4.16. The maximum absolute atomic E-state index is 11.4. The van der Waals surface area contributed by atoms with Crippen LogP contribution in [0, 0.1) is 0 Å². The molecule has 0 fully saturated rings. The number of ether oxygens (including phenoxy) is 1. The molecule has 1 amide bonds. The molecule has 25 heavy (non-hydrogen) atoms. The minimum absolute atomic E-state index is 0.207. The average Bonchev–Trinajstić information content (AvgIpc) is 3.16. The molecule has 0 aliphatic carbocycles. The molecule has 3 rings (SSSR count). The number of benzene rings is 2. The lowest BCUT2D eigenvalue weighted by Crippen LogP contribution is -2.23. The lowest BCUT2D eigenvalue weighted by molar-refractivity contribution is 0.158. The number of rotatable bonds is 6. The van der Waals surface area contributed by atoms with Gasteiger partial charge in [-0.2, -0.15) is 0 Å². The normalized spacial score (nSPS) is 10.2. The number of alkyl carbamates (subject to hydrolysis) is 1. The molecule has 0 saturated heterocycles. The molecule has 1 heterocycles. The zero-order valence-electron chi connectivity index (χ0n) is 13.6. The van der Waals surface area contributed by atoms with Crippen LogP contribution in [-0.4, -0.2) is 17.7 Å². The predicted octanol–water partition coefficient (Wildman–Crippen LogP) is 4.89. The first-order chi connectivity index (χ1) is 12.3. The van der Waals surface area contributed by atoms with E-state index in [2.05, 4.69) is 29.4 Å². The van der Waals surface area contributed by atoms with Gasteiger partial charge in [-0.25, -0.2) is 9.78 Å². The largest absolute Gasteiger partial charge is 0.445 e. The van der Waals surface area contributed by atoms with Gasteiger partial charge in [0.2, 0.25) is 0 Å². The van der Waals surface area contributed by atoms with Gasteiger partial charge in [0.05, 0.1) is 5.69 Å². The van der Waals surface area contributed by atoms with Gasteiger partial charge in [0, 0.05) is 23.1 Å². The molecule has 5 heteroatoms. The summed E-state index contributed by atoms with van der Waals surface area (Å²) in [6, 6.07) is 18.1. The highest BCUT2D eigenvalue weighted by Crippen LogP contribution is 2.28. The van der Waals surface area contributed by atoms with E-state index >= 15 is 0 Å². The van der Waals surface area contributed by atoms with Crippen molar-refractivity contribution in [2.75, 3.05) is 6.61 Å². The Hall–Kier alpha value is -2.92. The fraction of sp³-hybridized carbons (Fsp3) is 0.100. The molecular formula is C20H18N2O2S. The van der Waals surface area contributed by atoms with Gasteiger partial charge < -0.3 is 10.1 Å². The van der Waals surface area contributed by atoms with Crippen molar-refractivity contribution in [3.63, 3.8) is 0 Å². The maximum atomic E-state index is 11.4. The summed E-state index contributed by atoms with van der Waals surface area (Å²) < 4.78 is 4.87. The van der Waals surface area contributed by atoms with Crippen molar-refractivity contribution in [3.05, 3.63) is 78.2 Å². The van der Waals surface area contributed by atoms with Crippen LogP contribution in [-0.2, 0) is 11.3 Å². The Labute approximate surface area is 150 Å². The number of carbonyl (C=O) groups is 1. The van der Waals surface area contributed by atoms with Crippen LogP contribution in [0.3, 0.4) is 0 Å². The van der Waals surface area contributed by atoms with Crippen molar-refractivity contribution in [1.82, 2.24) is 10.3 Å². The van der Waals surface area contributed by atoms with Crippen LogP contribution in [0.1, 0.15) is 5.56 Å². The van der Waals surface area contributed by atoms with Gasteiger partial charge >= 0.3 is 6.09 Å². The number of amides is 1. The zero-order valence-corrected chi connectivity index (χ0v) is 14.5. The van der Waals surface area contributed by atoms with E-state index in [4.69, 9.17) is 9.72 Å². The molecule has 0 spiro atoms. The van der Waals surface area contributed by atoms with E-state index in [0.717, 1.165) is 27.4 Å². The van der Waals surface area contributed by atoms with E-state index in [0.29, 0.717) is 6.54 Å². The van der Waals surface area contributed by atoms with E-state index in [1.165, 1.54) is 6.08 Å². The van der Waals surface area contributed by atoms with Gasteiger partial charge in [-0.1, -0.05) is 67.3 Å². The van der Waals surface area contributed by atoms with Crippen molar-refractivity contribution in [3.8, 4) is 21.8 Å². The van der Waals surface area contributed by atoms with Crippen LogP contribution in [0.2, 0.25) is 0 Å². The molecule has 3 aromatic rings. The fourth-order valence-corrected chi connectivity index (χ4v) is 3.11. The van der Waals surface area contributed by atoms with Crippen molar-refractivity contribution in [1.29, 1.82) is 0 Å². The van der Waals surface area contributed by atoms with Gasteiger partial charge in [-0.15, -0.1) is 11.3 Å². The molecule has 1 aromatic heterocycles. The molecule has 0 radical (unpaired) electrons. The van der Waals surface area contributed by atoms with E-state index in [1.807, 2.05) is 42.5 Å². The fourth-order valence-electron chi connectivity index (χ4n) is 2.27. The molecule has 0 unspecified atom stereocenters. The van der Waals surface area contributed by atoms with E-state index < -0.39 is 6.09 Å². The molecule has 0 aliphatic heterocycles. The highest BCUT2D eigenvalue weighted by atomic mass is 32.1. The summed E-state index contributed by atoms with van der Waals surface area (Å²) in [6.07, 6.45) is 1.09. The van der Waals surface area contributed by atoms with Crippen molar-refractivity contribution < 1.29 is 9.53 Å². The Morgan fingerprint density at radius 1 is 1.12 bits per heavy atom. The molecule has 126 valence electrons. The Morgan fingerprint density at radius 3 is 2.60 bits per heavy atom. The van der Waals surface area contributed by atoms with Crippen molar-refractivity contribution in [2.45, 2.75) is 6.54 Å². The summed E-state index contributed by atoms with van der Waals surface area (Å²) in [5, 5.41) is 5.74. The monoisotopic (exact) mass is 350 g/mol. The molecule has 1 N–H and O–H groups in total. The number of thiazole rings is 1. The van der Waals surface area contributed by atoms with Gasteiger partial charge in [0.15, 0.2) is 0 Å². The maximum Gasteiger partial charge on any atom is 0.407 e. The molecule has 0 saturated carbocycles. The molecular weight excluding hydrogens is 332 g/mol. The number of nitrogens with zero attached hydrogens (tertiary/aromatic N) is 1. The third-order valence-electron chi connectivity index (χ3n) is 3.54. The summed E-state index contributed by atoms with van der Waals surface area (Å²) in [4.78, 5) is 16.1. The minimum atomic E-state index is -0.448. The van der Waals surface area contributed by atoms with Crippen LogP contribution in [0.4, 0.5) is 4.79 Å². The summed E-state index contributed by atoms with van der Waals surface area (Å²) >= 11 is 1.62. The molecule has 4 nitrogen and oxygen atoms in total. The Kier molecular flexibility index (Phi) is 5.59. The Bertz CT molecular complexity index is 842. The number of carbonyl (C=O) groups excluding carboxylic acids is 1. The average molecular weight is 350 g/mol. The Balaban J connectivity index is 1.64. The van der Waals surface area contributed by atoms with Gasteiger partial charge in [0.25, 0.3) is 0 Å². The third-order valence-corrected chi connectivity index (χ3v) is 4.44. The second-order valence-electron chi connectivity index (χ2n) is 5.34. The highest BCUT2D eigenvalue weighted by molar-refractivity contribution is 7.13. The first-order valence-electron chi connectivity index (χ1n) is 7.88.